The molecule has 2 aromatic carbocycles. The summed E-state index contributed by atoms with van der Waals surface area (Å²) in [5.74, 6) is -3.93. The van der Waals surface area contributed by atoms with Crippen molar-refractivity contribution in [3.63, 3.8) is 0 Å². The molecule has 2 rings (SSSR count). The first-order valence-electron chi connectivity index (χ1n) is 7.31. The van der Waals surface area contributed by atoms with Gasteiger partial charge in [-0.15, -0.1) is 0 Å². The van der Waals surface area contributed by atoms with Crippen molar-refractivity contribution in [1.29, 1.82) is 0 Å². The maximum absolute atomic E-state index is 13.7. The Morgan fingerprint density at radius 3 is 2.50 bits per heavy atom. The smallest absolute Gasteiger partial charge is 0.328 e. The maximum Gasteiger partial charge on any atom is 0.328 e. The number of carbonyl (C=O) groups excluding carboxylic acids is 2. The molecule has 0 aliphatic carbocycles. The van der Waals surface area contributed by atoms with Crippen LogP contribution in [0.15, 0.2) is 42.5 Å². The van der Waals surface area contributed by atoms with E-state index in [2.05, 4.69) is 5.32 Å². The van der Waals surface area contributed by atoms with Gasteiger partial charge in [0.05, 0.1) is 12.7 Å². The quantitative estimate of drug-likeness (QED) is 0.856. The number of amides is 1. The zero-order chi connectivity index (χ0) is 17.7. The van der Waals surface area contributed by atoms with E-state index < -0.39 is 35.1 Å². The zero-order valence-electron chi connectivity index (χ0n) is 13.3. The van der Waals surface area contributed by atoms with E-state index in [1.165, 1.54) is 13.2 Å². The molecule has 6 heteroatoms. The van der Waals surface area contributed by atoms with Crippen LogP contribution in [0.2, 0.25) is 0 Å². The van der Waals surface area contributed by atoms with Crippen molar-refractivity contribution in [3.8, 4) is 0 Å². The number of halogens is 2. The molecule has 0 unspecified atom stereocenters. The second-order valence-electron chi connectivity index (χ2n) is 5.28. The van der Waals surface area contributed by atoms with Gasteiger partial charge in [0.2, 0.25) is 0 Å². The summed E-state index contributed by atoms with van der Waals surface area (Å²) in [6, 6.07) is 9.64. The average molecular weight is 333 g/mol. The van der Waals surface area contributed by atoms with Gasteiger partial charge in [0.15, 0.2) is 11.6 Å². The third-order valence-corrected chi connectivity index (χ3v) is 3.67. The first kappa shape index (κ1) is 17.6. The van der Waals surface area contributed by atoms with Crippen LogP contribution in [0.25, 0.3) is 0 Å². The number of methoxy groups -OCH3 is 1. The summed E-state index contributed by atoms with van der Waals surface area (Å²) in [5, 5.41) is 2.41. The Balaban J connectivity index is 2.23. The fraction of sp³-hybridized carbons (Fsp3) is 0.222. The summed E-state index contributed by atoms with van der Waals surface area (Å²) in [7, 11) is 1.20. The average Bonchev–Trinajstić information content (AvgIpc) is 2.57. The first-order valence-corrected chi connectivity index (χ1v) is 7.31. The molecular formula is C18H17F2NO3. The van der Waals surface area contributed by atoms with Crippen molar-refractivity contribution in [2.45, 2.75) is 19.4 Å². The van der Waals surface area contributed by atoms with Gasteiger partial charge in [-0.2, -0.15) is 0 Å². The summed E-state index contributed by atoms with van der Waals surface area (Å²) >= 11 is 0. The van der Waals surface area contributed by atoms with E-state index in [0.29, 0.717) is 0 Å². The molecule has 0 spiro atoms. The van der Waals surface area contributed by atoms with E-state index in [1.807, 2.05) is 31.2 Å². The Kier molecular flexibility index (Phi) is 5.63. The Morgan fingerprint density at radius 2 is 1.83 bits per heavy atom. The molecule has 1 amide bonds. The highest BCUT2D eigenvalue weighted by atomic mass is 19.2. The Morgan fingerprint density at radius 1 is 1.12 bits per heavy atom. The number of ether oxygens (including phenoxy) is 1. The van der Waals surface area contributed by atoms with Crippen LogP contribution in [0.1, 0.15) is 21.5 Å². The Bertz CT molecular complexity index is 762. The van der Waals surface area contributed by atoms with E-state index >= 15 is 0 Å². The molecule has 0 saturated heterocycles. The van der Waals surface area contributed by atoms with Crippen LogP contribution in [0.4, 0.5) is 8.78 Å². The molecule has 0 fully saturated rings. The molecule has 0 heterocycles. The number of hydrogen-bond donors (Lipinski definition) is 1. The van der Waals surface area contributed by atoms with Crippen LogP contribution in [0, 0.1) is 18.6 Å². The molecule has 4 nitrogen and oxygen atoms in total. The minimum Gasteiger partial charge on any atom is -0.467 e. The molecule has 0 radical (unpaired) electrons. The van der Waals surface area contributed by atoms with Gasteiger partial charge in [0.1, 0.15) is 6.04 Å². The van der Waals surface area contributed by atoms with Crippen LogP contribution in [-0.2, 0) is 16.0 Å². The lowest BCUT2D eigenvalue weighted by Crippen LogP contribution is -2.43. The summed E-state index contributed by atoms with van der Waals surface area (Å²) in [5.41, 5.74) is 1.32. The van der Waals surface area contributed by atoms with Crippen LogP contribution >= 0.6 is 0 Å². The molecule has 1 N–H and O–H groups in total. The van der Waals surface area contributed by atoms with Crippen molar-refractivity contribution in [3.05, 3.63) is 70.8 Å². The van der Waals surface area contributed by atoms with Gasteiger partial charge < -0.3 is 10.1 Å². The molecule has 0 aromatic heterocycles. The third kappa shape index (κ3) is 3.95. The minimum atomic E-state index is -1.26. The SMILES string of the molecule is COC(=O)[C@H](Cc1ccccc1C)NC(=O)c1cccc(F)c1F. The zero-order valence-corrected chi connectivity index (χ0v) is 13.3. The normalized spacial score (nSPS) is 11.7. The number of rotatable bonds is 5. The monoisotopic (exact) mass is 333 g/mol. The molecule has 1 atom stereocenters. The summed E-state index contributed by atoms with van der Waals surface area (Å²) in [4.78, 5) is 24.1. The van der Waals surface area contributed by atoms with Crippen LogP contribution in [0.5, 0.6) is 0 Å². The van der Waals surface area contributed by atoms with Gasteiger partial charge in [0, 0.05) is 6.42 Å². The number of carbonyl (C=O) groups is 2. The van der Waals surface area contributed by atoms with E-state index in [1.54, 1.807) is 0 Å². The number of nitrogens with one attached hydrogen (secondary N) is 1. The van der Waals surface area contributed by atoms with Crippen LogP contribution in [-0.4, -0.2) is 25.0 Å². The highest BCUT2D eigenvalue weighted by molar-refractivity contribution is 5.97. The molecular weight excluding hydrogens is 316 g/mol. The van der Waals surface area contributed by atoms with Crippen molar-refractivity contribution >= 4 is 11.9 Å². The lowest BCUT2D eigenvalue weighted by atomic mass is 10.0. The topological polar surface area (TPSA) is 55.4 Å². The highest BCUT2D eigenvalue weighted by Crippen LogP contribution is 2.14. The number of benzene rings is 2. The number of aryl methyl sites for hydroxylation is 1. The second kappa shape index (κ2) is 7.68. The summed E-state index contributed by atoms with van der Waals surface area (Å²) in [6.45, 7) is 1.87. The van der Waals surface area contributed by atoms with Crippen molar-refractivity contribution < 1.29 is 23.1 Å². The fourth-order valence-electron chi connectivity index (χ4n) is 2.31. The fourth-order valence-corrected chi connectivity index (χ4v) is 2.31. The predicted molar refractivity (Wildman–Crippen MR) is 84.5 cm³/mol. The first-order chi connectivity index (χ1) is 11.4. The van der Waals surface area contributed by atoms with E-state index in [0.717, 1.165) is 23.3 Å². The molecule has 0 bridgehead atoms. The standard InChI is InChI=1S/C18H17F2NO3/c1-11-6-3-4-7-12(11)10-15(18(23)24-2)21-17(22)13-8-5-9-14(19)16(13)20/h3-9,15H,10H2,1-2H3,(H,21,22)/t15-/m0/s1. The highest BCUT2D eigenvalue weighted by Gasteiger charge is 2.25. The lowest BCUT2D eigenvalue weighted by Gasteiger charge is -2.18. The molecule has 24 heavy (non-hydrogen) atoms. The van der Waals surface area contributed by atoms with E-state index in [-0.39, 0.29) is 6.42 Å². The molecule has 0 saturated carbocycles. The second-order valence-corrected chi connectivity index (χ2v) is 5.28. The van der Waals surface area contributed by atoms with Crippen molar-refractivity contribution in [2.24, 2.45) is 0 Å². The molecule has 0 aliphatic rings. The van der Waals surface area contributed by atoms with E-state index in [9.17, 15) is 18.4 Å². The largest absolute Gasteiger partial charge is 0.467 e. The van der Waals surface area contributed by atoms with Crippen molar-refractivity contribution in [1.82, 2.24) is 5.32 Å². The maximum atomic E-state index is 13.7. The summed E-state index contributed by atoms with van der Waals surface area (Å²) < 4.78 is 31.7. The Hall–Kier alpha value is -2.76. The molecule has 126 valence electrons. The van der Waals surface area contributed by atoms with Crippen LogP contribution < -0.4 is 5.32 Å². The van der Waals surface area contributed by atoms with Gasteiger partial charge in [-0.1, -0.05) is 30.3 Å². The Labute approximate surface area is 138 Å². The van der Waals surface area contributed by atoms with Gasteiger partial charge in [-0.05, 0) is 30.2 Å². The van der Waals surface area contributed by atoms with Gasteiger partial charge >= 0.3 is 5.97 Å². The molecule has 2 aromatic rings. The predicted octanol–water partition coefficient (Wildman–Crippen LogP) is 2.79. The van der Waals surface area contributed by atoms with Crippen molar-refractivity contribution in [2.75, 3.05) is 7.11 Å². The minimum absolute atomic E-state index is 0.183. The number of hydrogen-bond acceptors (Lipinski definition) is 3. The third-order valence-electron chi connectivity index (χ3n) is 3.67. The summed E-state index contributed by atoms with van der Waals surface area (Å²) in [6.07, 6.45) is 0.183. The van der Waals surface area contributed by atoms with Gasteiger partial charge in [-0.3, -0.25) is 4.79 Å². The van der Waals surface area contributed by atoms with Crippen LogP contribution in [0.3, 0.4) is 0 Å². The lowest BCUT2D eigenvalue weighted by molar-refractivity contribution is -0.142. The number of esters is 1. The molecule has 0 aliphatic heterocycles. The van der Waals surface area contributed by atoms with Gasteiger partial charge in [-0.25, -0.2) is 13.6 Å². The van der Waals surface area contributed by atoms with E-state index in [4.69, 9.17) is 4.74 Å². The van der Waals surface area contributed by atoms with Gasteiger partial charge in [0.25, 0.3) is 5.91 Å².